The SMILES string of the molecule is FC(F)(F)c1cc(N2CCc3ccccc3C2)nc(NC(=S)NCc2cccnc2)n1. The zero-order valence-corrected chi connectivity index (χ0v) is 17.2. The van der Waals surface area contributed by atoms with Gasteiger partial charge in [-0.05, 0) is 41.4 Å². The van der Waals surface area contributed by atoms with Crippen LogP contribution in [0.5, 0.6) is 0 Å². The number of nitrogens with one attached hydrogen (secondary N) is 2. The Balaban J connectivity index is 1.53. The van der Waals surface area contributed by atoms with Crippen LogP contribution in [0.3, 0.4) is 0 Å². The van der Waals surface area contributed by atoms with Gasteiger partial charge < -0.3 is 15.5 Å². The summed E-state index contributed by atoms with van der Waals surface area (Å²) < 4.78 is 40.4. The first-order valence-corrected chi connectivity index (χ1v) is 10.0. The quantitative estimate of drug-likeness (QED) is 0.591. The van der Waals surface area contributed by atoms with Crippen molar-refractivity contribution in [2.45, 2.75) is 25.7 Å². The van der Waals surface area contributed by atoms with Crippen molar-refractivity contribution in [3.63, 3.8) is 0 Å². The third-order valence-electron chi connectivity index (χ3n) is 4.86. The van der Waals surface area contributed by atoms with E-state index in [1.54, 1.807) is 18.5 Å². The van der Waals surface area contributed by atoms with Crippen LogP contribution in [0.15, 0.2) is 54.9 Å². The molecule has 2 aromatic heterocycles. The molecule has 0 saturated heterocycles. The Morgan fingerprint density at radius 1 is 1.10 bits per heavy atom. The minimum absolute atomic E-state index is 0.123. The summed E-state index contributed by atoms with van der Waals surface area (Å²) in [4.78, 5) is 13.7. The Hall–Kier alpha value is -3.27. The molecular weight excluding hydrogens is 425 g/mol. The average molecular weight is 444 g/mol. The summed E-state index contributed by atoms with van der Waals surface area (Å²) in [6.45, 7) is 1.41. The largest absolute Gasteiger partial charge is 0.433 e. The minimum atomic E-state index is -4.60. The van der Waals surface area contributed by atoms with Crippen LogP contribution in [0, 0.1) is 0 Å². The lowest BCUT2D eigenvalue weighted by molar-refractivity contribution is -0.141. The number of aromatic nitrogens is 3. The summed E-state index contributed by atoms with van der Waals surface area (Å²) in [7, 11) is 0. The van der Waals surface area contributed by atoms with E-state index in [1.807, 2.05) is 35.2 Å². The smallest absolute Gasteiger partial charge is 0.358 e. The molecule has 10 heteroatoms. The van der Waals surface area contributed by atoms with E-state index in [0.717, 1.165) is 23.6 Å². The number of pyridine rings is 1. The van der Waals surface area contributed by atoms with Crippen molar-refractivity contribution >= 4 is 29.1 Å². The highest BCUT2D eigenvalue weighted by molar-refractivity contribution is 7.80. The fraction of sp³-hybridized carbons (Fsp3) is 0.238. The van der Waals surface area contributed by atoms with Crippen LogP contribution in [0.2, 0.25) is 0 Å². The van der Waals surface area contributed by atoms with Gasteiger partial charge in [0.1, 0.15) is 5.82 Å². The van der Waals surface area contributed by atoms with Crippen molar-refractivity contribution in [3.8, 4) is 0 Å². The van der Waals surface area contributed by atoms with Crippen molar-refractivity contribution in [1.29, 1.82) is 0 Å². The van der Waals surface area contributed by atoms with Gasteiger partial charge in [0.05, 0.1) is 0 Å². The van der Waals surface area contributed by atoms with Gasteiger partial charge in [0.25, 0.3) is 0 Å². The Labute approximate surface area is 182 Å². The van der Waals surface area contributed by atoms with Crippen LogP contribution >= 0.6 is 12.2 Å². The molecule has 1 aliphatic rings. The summed E-state index contributed by atoms with van der Waals surface area (Å²) in [6.07, 6.45) is -0.554. The lowest BCUT2D eigenvalue weighted by atomic mass is 10.00. The van der Waals surface area contributed by atoms with Gasteiger partial charge in [-0.25, -0.2) is 4.98 Å². The molecule has 0 spiro atoms. The zero-order chi connectivity index (χ0) is 21.8. The molecule has 0 aliphatic carbocycles. The van der Waals surface area contributed by atoms with Crippen LogP contribution in [0.1, 0.15) is 22.4 Å². The van der Waals surface area contributed by atoms with E-state index in [-0.39, 0.29) is 16.9 Å². The second-order valence-electron chi connectivity index (χ2n) is 7.04. The van der Waals surface area contributed by atoms with Crippen LogP contribution in [-0.4, -0.2) is 26.6 Å². The molecule has 1 aromatic carbocycles. The van der Waals surface area contributed by atoms with Gasteiger partial charge in [-0.1, -0.05) is 30.3 Å². The number of benzene rings is 1. The van der Waals surface area contributed by atoms with Gasteiger partial charge in [-0.3, -0.25) is 4.98 Å². The average Bonchev–Trinajstić information content (AvgIpc) is 2.77. The number of fused-ring (bicyclic) bond motifs is 1. The monoisotopic (exact) mass is 444 g/mol. The zero-order valence-electron chi connectivity index (χ0n) is 16.4. The van der Waals surface area contributed by atoms with Crippen LogP contribution in [-0.2, 0) is 25.7 Å². The predicted octanol–water partition coefficient (Wildman–Crippen LogP) is 3.94. The lowest BCUT2D eigenvalue weighted by Crippen LogP contribution is -2.33. The summed E-state index contributed by atoms with van der Waals surface area (Å²) in [5.41, 5.74) is 2.13. The van der Waals surface area contributed by atoms with Crippen LogP contribution < -0.4 is 15.5 Å². The molecule has 0 amide bonds. The van der Waals surface area contributed by atoms with Crippen molar-refractivity contribution in [3.05, 3.63) is 77.2 Å². The maximum absolute atomic E-state index is 13.5. The summed E-state index contributed by atoms with van der Waals surface area (Å²) in [5.74, 6) is 0.00163. The van der Waals surface area contributed by atoms with E-state index >= 15 is 0 Å². The second kappa shape index (κ2) is 8.84. The van der Waals surface area contributed by atoms with E-state index in [4.69, 9.17) is 12.2 Å². The van der Waals surface area contributed by atoms with Gasteiger partial charge in [-0.15, -0.1) is 0 Å². The van der Waals surface area contributed by atoms with Crippen molar-refractivity contribution in [1.82, 2.24) is 20.3 Å². The summed E-state index contributed by atoms with van der Waals surface area (Å²) >= 11 is 5.21. The molecule has 4 rings (SSSR count). The molecule has 6 nitrogen and oxygen atoms in total. The summed E-state index contributed by atoms with van der Waals surface area (Å²) in [5, 5.41) is 5.72. The maximum Gasteiger partial charge on any atom is 0.433 e. The minimum Gasteiger partial charge on any atom is -0.358 e. The molecule has 3 heterocycles. The first kappa shape index (κ1) is 21.0. The Morgan fingerprint density at radius 2 is 1.90 bits per heavy atom. The number of hydrogen-bond acceptors (Lipinski definition) is 5. The van der Waals surface area contributed by atoms with Crippen molar-refractivity contribution < 1.29 is 13.2 Å². The molecule has 0 saturated carbocycles. The molecule has 160 valence electrons. The van der Waals surface area contributed by atoms with Gasteiger partial charge in [0.15, 0.2) is 10.8 Å². The Kier molecular flexibility index (Phi) is 5.99. The molecule has 3 aromatic rings. The lowest BCUT2D eigenvalue weighted by Gasteiger charge is -2.30. The molecule has 0 bridgehead atoms. The number of halogens is 3. The van der Waals surface area contributed by atoms with Crippen LogP contribution in [0.25, 0.3) is 0 Å². The standard InChI is InChI=1S/C21H19F3N6S/c22-21(23,24)17-10-18(30-9-7-15-5-1-2-6-16(15)13-30)28-19(27-17)29-20(31)26-12-14-4-3-8-25-11-14/h1-6,8,10-11H,7,9,12-13H2,(H2,26,27,28,29,31). The van der Waals surface area contributed by atoms with Gasteiger partial charge in [0.2, 0.25) is 5.95 Å². The highest BCUT2D eigenvalue weighted by Crippen LogP contribution is 2.32. The second-order valence-corrected chi connectivity index (χ2v) is 7.45. The highest BCUT2D eigenvalue weighted by Gasteiger charge is 2.34. The third-order valence-corrected chi connectivity index (χ3v) is 5.11. The van der Waals surface area contributed by atoms with E-state index in [0.29, 0.717) is 19.6 Å². The van der Waals surface area contributed by atoms with Crippen molar-refractivity contribution in [2.24, 2.45) is 0 Å². The molecular formula is C21H19F3N6S. The normalized spacial score (nSPS) is 13.5. The fourth-order valence-corrected chi connectivity index (χ4v) is 3.48. The number of rotatable bonds is 4. The number of anilines is 2. The molecule has 0 fully saturated rings. The van der Waals surface area contributed by atoms with Gasteiger partial charge in [-0.2, -0.15) is 18.2 Å². The van der Waals surface area contributed by atoms with Crippen LogP contribution in [0.4, 0.5) is 24.9 Å². The predicted molar refractivity (Wildman–Crippen MR) is 116 cm³/mol. The fourth-order valence-electron chi connectivity index (χ4n) is 3.32. The molecule has 1 aliphatic heterocycles. The first-order valence-electron chi connectivity index (χ1n) is 9.60. The number of nitrogens with zero attached hydrogens (tertiary/aromatic N) is 4. The number of thiocarbonyl (C=S) groups is 1. The molecule has 2 N–H and O–H groups in total. The first-order chi connectivity index (χ1) is 14.9. The van der Waals surface area contributed by atoms with Crippen molar-refractivity contribution in [2.75, 3.05) is 16.8 Å². The molecule has 31 heavy (non-hydrogen) atoms. The Morgan fingerprint density at radius 3 is 2.65 bits per heavy atom. The molecule has 0 unspecified atom stereocenters. The van der Waals surface area contributed by atoms with E-state index in [9.17, 15) is 13.2 Å². The van der Waals surface area contributed by atoms with E-state index in [2.05, 4.69) is 25.6 Å². The highest BCUT2D eigenvalue weighted by atomic mass is 32.1. The van der Waals surface area contributed by atoms with Gasteiger partial charge >= 0.3 is 6.18 Å². The van der Waals surface area contributed by atoms with E-state index in [1.165, 1.54) is 5.56 Å². The van der Waals surface area contributed by atoms with E-state index < -0.39 is 11.9 Å². The maximum atomic E-state index is 13.5. The summed E-state index contributed by atoms with van der Waals surface area (Å²) in [6, 6.07) is 12.5. The number of hydrogen-bond donors (Lipinski definition) is 2. The Bertz CT molecular complexity index is 1070. The third kappa shape index (κ3) is 5.26. The van der Waals surface area contributed by atoms with Gasteiger partial charge in [0, 0.05) is 38.1 Å². The molecule has 0 atom stereocenters. The molecule has 0 radical (unpaired) electrons. The number of alkyl halides is 3. The topological polar surface area (TPSA) is 66.0 Å².